The fourth-order valence-electron chi connectivity index (χ4n) is 2.08. The highest BCUT2D eigenvalue weighted by atomic mass is 16.3. The number of hydrogen-bond acceptors (Lipinski definition) is 4. The first-order valence-electron chi connectivity index (χ1n) is 6.56. The van der Waals surface area contributed by atoms with Crippen molar-refractivity contribution in [3.63, 3.8) is 0 Å². The zero-order chi connectivity index (χ0) is 14.5. The molecule has 2 atom stereocenters. The number of aliphatic hydroxyl groups is 1. The Morgan fingerprint density at radius 1 is 1.05 bits per heavy atom. The summed E-state index contributed by atoms with van der Waals surface area (Å²) in [5, 5.41) is 32.4. The van der Waals surface area contributed by atoms with Gasteiger partial charge in [0.1, 0.15) is 11.5 Å². The van der Waals surface area contributed by atoms with Crippen LogP contribution in [0.4, 0.5) is 0 Å². The van der Waals surface area contributed by atoms with E-state index in [4.69, 9.17) is 0 Å². The average molecular weight is 273 g/mol. The Kier molecular flexibility index (Phi) is 4.61. The van der Waals surface area contributed by atoms with Crippen LogP contribution in [0.1, 0.15) is 30.2 Å². The minimum Gasteiger partial charge on any atom is -0.508 e. The second-order valence-corrected chi connectivity index (χ2v) is 4.80. The van der Waals surface area contributed by atoms with Crippen molar-refractivity contribution >= 4 is 0 Å². The molecule has 2 aromatic rings. The second-order valence-electron chi connectivity index (χ2n) is 4.80. The summed E-state index contributed by atoms with van der Waals surface area (Å²) in [6.45, 7) is 2.23. The number of benzene rings is 2. The van der Waals surface area contributed by atoms with Gasteiger partial charge in [-0.05, 0) is 30.7 Å². The molecule has 2 rings (SSSR count). The highest BCUT2D eigenvalue weighted by Gasteiger charge is 2.13. The molecule has 0 fully saturated rings. The van der Waals surface area contributed by atoms with Crippen LogP contribution in [0.2, 0.25) is 0 Å². The number of aromatic hydroxyl groups is 2. The van der Waals surface area contributed by atoms with Crippen LogP contribution in [-0.4, -0.2) is 21.9 Å². The van der Waals surface area contributed by atoms with Crippen molar-refractivity contribution < 1.29 is 15.3 Å². The molecule has 0 bridgehead atoms. The summed E-state index contributed by atoms with van der Waals surface area (Å²) < 4.78 is 0. The molecule has 0 saturated heterocycles. The van der Waals surface area contributed by atoms with Crippen LogP contribution in [0.15, 0.2) is 48.5 Å². The van der Waals surface area contributed by atoms with Crippen molar-refractivity contribution in [2.75, 3.05) is 6.54 Å². The van der Waals surface area contributed by atoms with Crippen molar-refractivity contribution in [3.8, 4) is 11.5 Å². The summed E-state index contributed by atoms with van der Waals surface area (Å²) in [5.41, 5.74) is 1.44. The van der Waals surface area contributed by atoms with Gasteiger partial charge in [-0.2, -0.15) is 0 Å². The summed E-state index contributed by atoms with van der Waals surface area (Å²) in [4.78, 5) is 0. The van der Waals surface area contributed by atoms with E-state index in [-0.39, 0.29) is 17.5 Å². The van der Waals surface area contributed by atoms with Gasteiger partial charge in [0.25, 0.3) is 0 Å². The minimum absolute atomic E-state index is 0.107. The maximum atomic E-state index is 10.1. The number of nitrogens with one attached hydrogen (secondary N) is 1. The largest absolute Gasteiger partial charge is 0.508 e. The van der Waals surface area contributed by atoms with E-state index in [9.17, 15) is 15.3 Å². The number of hydrogen-bond donors (Lipinski definition) is 4. The van der Waals surface area contributed by atoms with Gasteiger partial charge in [0, 0.05) is 18.2 Å². The number of phenolic OH excluding ortho intramolecular Hbond substituents is 2. The quantitative estimate of drug-likeness (QED) is 0.632. The summed E-state index contributed by atoms with van der Waals surface area (Å²) in [6.07, 6.45) is -0.613. The minimum atomic E-state index is -0.613. The Labute approximate surface area is 118 Å². The fraction of sp³-hybridized carbons (Fsp3) is 0.250. The summed E-state index contributed by atoms with van der Waals surface area (Å²) in [6, 6.07) is 13.6. The molecule has 20 heavy (non-hydrogen) atoms. The van der Waals surface area contributed by atoms with Crippen LogP contribution in [0, 0.1) is 0 Å². The SMILES string of the molecule is CC(NCC(O)c1ccccc1)c1cc(O)ccc1O. The first kappa shape index (κ1) is 14.4. The van der Waals surface area contributed by atoms with Crippen LogP contribution in [0.3, 0.4) is 0 Å². The van der Waals surface area contributed by atoms with Gasteiger partial charge in [0.2, 0.25) is 0 Å². The summed E-state index contributed by atoms with van der Waals surface area (Å²) >= 11 is 0. The lowest BCUT2D eigenvalue weighted by atomic mass is 10.1. The first-order chi connectivity index (χ1) is 9.58. The van der Waals surface area contributed by atoms with Gasteiger partial charge in [-0.15, -0.1) is 0 Å². The molecule has 4 nitrogen and oxygen atoms in total. The zero-order valence-corrected chi connectivity index (χ0v) is 11.3. The van der Waals surface area contributed by atoms with Gasteiger partial charge in [-0.25, -0.2) is 0 Å². The van der Waals surface area contributed by atoms with Crippen LogP contribution in [0.5, 0.6) is 11.5 Å². The van der Waals surface area contributed by atoms with Gasteiger partial charge in [-0.3, -0.25) is 0 Å². The normalized spacial score (nSPS) is 13.9. The number of rotatable bonds is 5. The van der Waals surface area contributed by atoms with Gasteiger partial charge < -0.3 is 20.6 Å². The molecule has 4 heteroatoms. The lowest BCUT2D eigenvalue weighted by Crippen LogP contribution is -2.24. The fourth-order valence-corrected chi connectivity index (χ4v) is 2.08. The van der Waals surface area contributed by atoms with Gasteiger partial charge in [-0.1, -0.05) is 30.3 Å². The third-order valence-electron chi connectivity index (χ3n) is 3.28. The van der Waals surface area contributed by atoms with E-state index in [1.54, 1.807) is 0 Å². The van der Waals surface area contributed by atoms with E-state index in [1.807, 2.05) is 37.3 Å². The van der Waals surface area contributed by atoms with Crippen molar-refractivity contribution in [3.05, 3.63) is 59.7 Å². The smallest absolute Gasteiger partial charge is 0.120 e. The molecule has 0 saturated carbocycles. The molecule has 0 radical (unpaired) electrons. The van der Waals surface area contributed by atoms with Gasteiger partial charge in [0.15, 0.2) is 0 Å². The van der Waals surface area contributed by atoms with Gasteiger partial charge >= 0.3 is 0 Å². The topological polar surface area (TPSA) is 72.7 Å². The lowest BCUT2D eigenvalue weighted by molar-refractivity contribution is 0.170. The molecular weight excluding hydrogens is 254 g/mol. The highest BCUT2D eigenvalue weighted by Crippen LogP contribution is 2.28. The number of phenols is 2. The Bertz CT molecular complexity index is 557. The lowest BCUT2D eigenvalue weighted by Gasteiger charge is -2.18. The maximum absolute atomic E-state index is 10.1. The third kappa shape index (κ3) is 3.50. The molecule has 2 aromatic carbocycles. The van der Waals surface area contributed by atoms with E-state index in [0.29, 0.717) is 12.1 Å². The highest BCUT2D eigenvalue weighted by molar-refractivity contribution is 5.40. The van der Waals surface area contributed by atoms with Crippen molar-refractivity contribution in [1.82, 2.24) is 5.32 Å². The predicted octanol–water partition coefficient (Wildman–Crippen LogP) is 2.48. The molecule has 0 aliphatic carbocycles. The molecule has 0 heterocycles. The van der Waals surface area contributed by atoms with Crippen molar-refractivity contribution in [1.29, 1.82) is 0 Å². The van der Waals surface area contributed by atoms with Crippen LogP contribution >= 0.6 is 0 Å². The summed E-state index contributed by atoms with van der Waals surface area (Å²) in [5.74, 6) is 0.229. The van der Waals surface area contributed by atoms with E-state index in [1.165, 1.54) is 18.2 Å². The van der Waals surface area contributed by atoms with E-state index in [0.717, 1.165) is 5.56 Å². The summed E-state index contributed by atoms with van der Waals surface area (Å²) in [7, 11) is 0. The molecule has 0 amide bonds. The molecular formula is C16H19NO3. The molecule has 0 aromatic heterocycles. The molecule has 0 aliphatic rings. The molecule has 4 N–H and O–H groups in total. The predicted molar refractivity (Wildman–Crippen MR) is 77.6 cm³/mol. The maximum Gasteiger partial charge on any atom is 0.120 e. The Morgan fingerprint density at radius 2 is 1.75 bits per heavy atom. The first-order valence-corrected chi connectivity index (χ1v) is 6.56. The average Bonchev–Trinajstić information content (AvgIpc) is 2.47. The van der Waals surface area contributed by atoms with E-state index < -0.39 is 6.10 Å². The molecule has 2 unspecified atom stereocenters. The molecule has 0 spiro atoms. The third-order valence-corrected chi connectivity index (χ3v) is 3.28. The Morgan fingerprint density at radius 3 is 2.45 bits per heavy atom. The van der Waals surface area contributed by atoms with E-state index >= 15 is 0 Å². The van der Waals surface area contributed by atoms with Crippen molar-refractivity contribution in [2.45, 2.75) is 19.1 Å². The monoisotopic (exact) mass is 273 g/mol. The van der Waals surface area contributed by atoms with Crippen molar-refractivity contribution in [2.24, 2.45) is 0 Å². The standard InChI is InChI=1S/C16H19NO3/c1-11(14-9-13(18)7-8-15(14)19)17-10-16(20)12-5-3-2-4-6-12/h2-9,11,16-20H,10H2,1H3. The second kappa shape index (κ2) is 6.41. The van der Waals surface area contributed by atoms with Crippen LogP contribution in [-0.2, 0) is 0 Å². The number of aliphatic hydroxyl groups excluding tert-OH is 1. The van der Waals surface area contributed by atoms with Crippen LogP contribution in [0.25, 0.3) is 0 Å². The zero-order valence-electron chi connectivity index (χ0n) is 11.3. The molecule has 106 valence electrons. The van der Waals surface area contributed by atoms with E-state index in [2.05, 4.69) is 5.32 Å². The molecule has 0 aliphatic heterocycles. The van der Waals surface area contributed by atoms with Gasteiger partial charge in [0.05, 0.1) is 6.10 Å². The van der Waals surface area contributed by atoms with Crippen LogP contribution < -0.4 is 5.32 Å². The Balaban J connectivity index is 1.98. The Hall–Kier alpha value is -2.04.